The fourth-order valence-electron chi connectivity index (χ4n) is 1.57. The first-order valence-corrected chi connectivity index (χ1v) is 4.23. The second kappa shape index (κ2) is 2.99. The molecular formula is C9H12N2. The summed E-state index contributed by atoms with van der Waals surface area (Å²) in [6.07, 6.45) is 9.21. The second-order valence-corrected chi connectivity index (χ2v) is 3.01. The van der Waals surface area contributed by atoms with Crippen LogP contribution in [0.3, 0.4) is 0 Å². The van der Waals surface area contributed by atoms with Gasteiger partial charge in [-0.15, -0.1) is 0 Å². The van der Waals surface area contributed by atoms with Gasteiger partial charge < -0.3 is 0 Å². The molecule has 0 saturated carbocycles. The average Bonchev–Trinajstić information content (AvgIpc) is 2.28. The first kappa shape index (κ1) is 6.77. The van der Waals surface area contributed by atoms with Crippen LogP contribution in [0.15, 0.2) is 33.7 Å². The first-order chi connectivity index (χ1) is 5.47. The smallest absolute Gasteiger partial charge is 0.0787 e. The van der Waals surface area contributed by atoms with Crippen molar-refractivity contribution in [2.75, 3.05) is 6.54 Å². The van der Waals surface area contributed by atoms with E-state index in [0.717, 1.165) is 13.0 Å². The van der Waals surface area contributed by atoms with E-state index in [1.807, 2.05) is 0 Å². The van der Waals surface area contributed by atoms with Gasteiger partial charge >= 0.3 is 0 Å². The molecule has 1 heterocycles. The summed E-state index contributed by atoms with van der Waals surface area (Å²) >= 11 is 0. The van der Waals surface area contributed by atoms with E-state index in [-0.39, 0.29) is 0 Å². The lowest BCUT2D eigenvalue weighted by molar-refractivity contribution is 0.671. The highest BCUT2D eigenvalue weighted by Crippen LogP contribution is 2.27. The molecule has 11 heavy (non-hydrogen) atoms. The molecule has 58 valence electrons. The van der Waals surface area contributed by atoms with Crippen molar-refractivity contribution >= 4 is 0 Å². The number of rotatable bonds is 0. The molecule has 0 fully saturated rings. The van der Waals surface area contributed by atoms with Crippen molar-refractivity contribution in [1.82, 2.24) is 0 Å². The quantitative estimate of drug-likeness (QED) is 0.504. The van der Waals surface area contributed by atoms with Gasteiger partial charge in [0.1, 0.15) is 0 Å². The van der Waals surface area contributed by atoms with E-state index < -0.39 is 0 Å². The topological polar surface area (TPSA) is 24.7 Å². The van der Waals surface area contributed by atoms with Gasteiger partial charge in [0.2, 0.25) is 0 Å². The van der Waals surface area contributed by atoms with Crippen molar-refractivity contribution < 1.29 is 0 Å². The maximum atomic E-state index is 4.19. The van der Waals surface area contributed by atoms with E-state index in [9.17, 15) is 0 Å². The van der Waals surface area contributed by atoms with Gasteiger partial charge in [0.05, 0.1) is 12.2 Å². The SMILES string of the molecule is C1=CC2=C(CCCC2)N=NC1. The highest BCUT2D eigenvalue weighted by Gasteiger charge is 2.10. The molecule has 0 radical (unpaired) electrons. The van der Waals surface area contributed by atoms with Crippen LogP contribution in [0.5, 0.6) is 0 Å². The van der Waals surface area contributed by atoms with Gasteiger partial charge in [0, 0.05) is 0 Å². The van der Waals surface area contributed by atoms with Crippen molar-refractivity contribution in [3.8, 4) is 0 Å². The van der Waals surface area contributed by atoms with Crippen LogP contribution >= 0.6 is 0 Å². The van der Waals surface area contributed by atoms with Gasteiger partial charge in [-0.25, -0.2) is 0 Å². The Bertz CT molecular complexity index is 212. The Labute approximate surface area is 66.7 Å². The van der Waals surface area contributed by atoms with Crippen LogP contribution in [0.4, 0.5) is 0 Å². The third kappa shape index (κ3) is 1.39. The lowest BCUT2D eigenvalue weighted by atomic mass is 9.96. The molecule has 1 aliphatic carbocycles. The summed E-state index contributed by atoms with van der Waals surface area (Å²) in [5.41, 5.74) is 2.64. The van der Waals surface area contributed by atoms with Gasteiger partial charge in [-0.3, -0.25) is 0 Å². The lowest BCUT2D eigenvalue weighted by Gasteiger charge is -2.12. The van der Waals surface area contributed by atoms with Crippen LogP contribution in [-0.4, -0.2) is 6.54 Å². The molecule has 0 spiro atoms. The number of allylic oxidation sites excluding steroid dienone is 3. The average molecular weight is 148 g/mol. The summed E-state index contributed by atoms with van der Waals surface area (Å²) in [7, 11) is 0. The fourth-order valence-corrected chi connectivity index (χ4v) is 1.57. The maximum absolute atomic E-state index is 4.19. The minimum atomic E-state index is 0.757. The molecule has 2 rings (SSSR count). The zero-order chi connectivity index (χ0) is 7.52. The van der Waals surface area contributed by atoms with Gasteiger partial charge in [0.25, 0.3) is 0 Å². The molecule has 0 N–H and O–H groups in total. The molecule has 2 aliphatic rings. The fraction of sp³-hybridized carbons (Fsp3) is 0.556. The minimum Gasteiger partial charge on any atom is -0.185 e. The normalized spacial score (nSPS) is 23.3. The Morgan fingerprint density at radius 3 is 3.09 bits per heavy atom. The van der Waals surface area contributed by atoms with E-state index in [4.69, 9.17) is 0 Å². The maximum Gasteiger partial charge on any atom is 0.0787 e. The van der Waals surface area contributed by atoms with Gasteiger partial charge in [-0.2, -0.15) is 10.2 Å². The summed E-state index contributed by atoms with van der Waals surface area (Å²) in [5.74, 6) is 0. The van der Waals surface area contributed by atoms with Crippen LogP contribution in [0.25, 0.3) is 0 Å². The predicted octanol–water partition coefficient (Wildman–Crippen LogP) is 2.84. The largest absolute Gasteiger partial charge is 0.185 e. The molecule has 2 nitrogen and oxygen atoms in total. The van der Waals surface area contributed by atoms with Gasteiger partial charge in [-0.1, -0.05) is 12.2 Å². The Balaban J connectivity index is 2.31. The summed E-state index contributed by atoms with van der Waals surface area (Å²) in [6, 6.07) is 0. The molecular weight excluding hydrogens is 136 g/mol. The third-order valence-electron chi connectivity index (χ3n) is 2.18. The minimum absolute atomic E-state index is 0.757. The number of azo groups is 1. The van der Waals surface area contributed by atoms with E-state index in [1.54, 1.807) is 0 Å². The molecule has 0 aromatic rings. The van der Waals surface area contributed by atoms with Crippen LogP contribution in [-0.2, 0) is 0 Å². The summed E-state index contributed by atoms with van der Waals surface area (Å²) in [5, 5.41) is 8.22. The molecule has 1 aliphatic heterocycles. The molecule has 2 heteroatoms. The Kier molecular flexibility index (Phi) is 1.84. The summed E-state index contributed by atoms with van der Waals surface area (Å²) in [6.45, 7) is 0.757. The lowest BCUT2D eigenvalue weighted by Crippen LogP contribution is -1.94. The van der Waals surface area contributed by atoms with Crippen LogP contribution in [0.1, 0.15) is 25.7 Å². The molecule has 0 atom stereocenters. The van der Waals surface area contributed by atoms with Crippen molar-refractivity contribution in [2.24, 2.45) is 10.2 Å². The summed E-state index contributed by atoms with van der Waals surface area (Å²) < 4.78 is 0. The molecule has 0 bridgehead atoms. The van der Waals surface area contributed by atoms with E-state index in [2.05, 4.69) is 22.4 Å². The molecule has 0 aromatic carbocycles. The van der Waals surface area contributed by atoms with Gasteiger partial charge in [0.15, 0.2) is 0 Å². The third-order valence-corrected chi connectivity index (χ3v) is 2.18. The van der Waals surface area contributed by atoms with Crippen LogP contribution in [0, 0.1) is 0 Å². The van der Waals surface area contributed by atoms with Crippen molar-refractivity contribution in [1.29, 1.82) is 0 Å². The number of hydrogen-bond acceptors (Lipinski definition) is 2. The van der Waals surface area contributed by atoms with E-state index in [0.29, 0.717) is 0 Å². The van der Waals surface area contributed by atoms with Crippen molar-refractivity contribution in [2.45, 2.75) is 25.7 Å². The predicted molar refractivity (Wildman–Crippen MR) is 44.4 cm³/mol. The second-order valence-electron chi connectivity index (χ2n) is 3.01. The van der Waals surface area contributed by atoms with E-state index >= 15 is 0 Å². The molecule has 0 unspecified atom stereocenters. The van der Waals surface area contributed by atoms with Gasteiger partial charge in [-0.05, 0) is 31.3 Å². The zero-order valence-corrected chi connectivity index (χ0v) is 6.58. The Morgan fingerprint density at radius 1 is 1.18 bits per heavy atom. The molecule has 0 aromatic heterocycles. The number of hydrogen-bond donors (Lipinski definition) is 0. The van der Waals surface area contributed by atoms with Crippen LogP contribution in [0.2, 0.25) is 0 Å². The zero-order valence-electron chi connectivity index (χ0n) is 6.58. The molecule has 0 saturated heterocycles. The standard InChI is InChI=1S/C9H12N2/c1-2-6-9-8(4-1)5-3-7-10-11-9/h3,5H,1-2,4,6-7H2. The Morgan fingerprint density at radius 2 is 2.09 bits per heavy atom. The van der Waals surface area contributed by atoms with Crippen molar-refractivity contribution in [3.63, 3.8) is 0 Å². The number of nitrogens with zero attached hydrogens (tertiary/aromatic N) is 2. The van der Waals surface area contributed by atoms with E-state index in [1.165, 1.54) is 30.5 Å². The highest BCUT2D eigenvalue weighted by atomic mass is 15.1. The first-order valence-electron chi connectivity index (χ1n) is 4.23. The Hall–Kier alpha value is -0.920. The monoisotopic (exact) mass is 148 g/mol. The van der Waals surface area contributed by atoms with Crippen LogP contribution < -0.4 is 0 Å². The molecule has 0 amide bonds. The highest BCUT2D eigenvalue weighted by molar-refractivity contribution is 5.27. The summed E-state index contributed by atoms with van der Waals surface area (Å²) in [4.78, 5) is 0. The van der Waals surface area contributed by atoms with Crippen molar-refractivity contribution in [3.05, 3.63) is 23.4 Å².